The summed E-state index contributed by atoms with van der Waals surface area (Å²) in [5.41, 5.74) is 8.14. The van der Waals surface area contributed by atoms with E-state index < -0.39 is 0 Å². The van der Waals surface area contributed by atoms with Crippen molar-refractivity contribution < 1.29 is 14.6 Å². The maximum atomic E-state index is 9.10. The van der Waals surface area contributed by atoms with Gasteiger partial charge in [0.05, 0.1) is 13.7 Å². The zero-order valence-corrected chi connectivity index (χ0v) is 11.0. The number of ether oxygens (including phenoxy) is 2. The Morgan fingerprint density at radius 3 is 2.42 bits per heavy atom. The molecule has 19 heavy (non-hydrogen) atoms. The first kappa shape index (κ1) is 13.2. The van der Waals surface area contributed by atoms with Crippen LogP contribution in [0.25, 0.3) is 0 Å². The topological polar surface area (TPSA) is 64.7 Å². The fourth-order valence-corrected chi connectivity index (χ4v) is 1.80. The first-order valence-electron chi connectivity index (χ1n) is 5.96. The van der Waals surface area contributed by atoms with E-state index in [0.29, 0.717) is 17.2 Å². The van der Waals surface area contributed by atoms with Crippen molar-refractivity contribution in [3.8, 4) is 17.2 Å². The molecule has 0 unspecified atom stereocenters. The fraction of sp³-hybridized carbons (Fsp3) is 0.200. The zero-order chi connectivity index (χ0) is 13.8. The van der Waals surface area contributed by atoms with Crippen LogP contribution >= 0.6 is 0 Å². The van der Waals surface area contributed by atoms with Gasteiger partial charge in [-0.2, -0.15) is 0 Å². The summed E-state index contributed by atoms with van der Waals surface area (Å²) in [7, 11) is 1.57. The summed E-state index contributed by atoms with van der Waals surface area (Å²) in [5.74, 6) is 1.92. The lowest BCUT2D eigenvalue weighted by atomic mass is 10.2. The quantitative estimate of drug-likeness (QED) is 0.829. The molecule has 2 aromatic rings. The second-order valence-electron chi connectivity index (χ2n) is 4.27. The molecule has 0 atom stereocenters. The Morgan fingerprint density at radius 1 is 1.05 bits per heavy atom. The molecule has 4 heteroatoms. The maximum Gasteiger partial charge on any atom is 0.169 e. The SMILES string of the molecule is COc1cc(CO)ccc1Oc1ccc(N)cc1C. The van der Waals surface area contributed by atoms with E-state index in [2.05, 4.69) is 0 Å². The van der Waals surface area contributed by atoms with Crippen LogP contribution in [0, 0.1) is 6.92 Å². The number of nitrogens with two attached hydrogens (primary N) is 1. The summed E-state index contributed by atoms with van der Waals surface area (Å²) in [6.07, 6.45) is 0. The van der Waals surface area contributed by atoms with Gasteiger partial charge in [0.1, 0.15) is 5.75 Å². The minimum absolute atomic E-state index is 0.0302. The Morgan fingerprint density at radius 2 is 1.79 bits per heavy atom. The average molecular weight is 259 g/mol. The molecule has 0 saturated carbocycles. The van der Waals surface area contributed by atoms with E-state index in [1.165, 1.54) is 0 Å². The Kier molecular flexibility index (Phi) is 3.92. The summed E-state index contributed by atoms with van der Waals surface area (Å²) < 4.78 is 11.1. The van der Waals surface area contributed by atoms with Crippen molar-refractivity contribution in [2.24, 2.45) is 0 Å². The standard InChI is InChI=1S/C15H17NO3/c1-10-7-12(16)4-6-13(10)19-14-5-3-11(9-17)8-15(14)18-2/h3-8,17H,9,16H2,1-2H3. The first-order chi connectivity index (χ1) is 9.13. The molecule has 0 aliphatic rings. The maximum absolute atomic E-state index is 9.10. The number of hydrogen-bond donors (Lipinski definition) is 2. The minimum atomic E-state index is -0.0302. The lowest BCUT2D eigenvalue weighted by Gasteiger charge is -2.13. The third kappa shape index (κ3) is 2.98. The van der Waals surface area contributed by atoms with Crippen molar-refractivity contribution in [3.05, 3.63) is 47.5 Å². The Balaban J connectivity index is 2.32. The lowest BCUT2D eigenvalue weighted by Crippen LogP contribution is -1.94. The molecule has 0 radical (unpaired) electrons. The number of hydrogen-bond acceptors (Lipinski definition) is 4. The van der Waals surface area contributed by atoms with Crippen LogP contribution in [0.1, 0.15) is 11.1 Å². The molecule has 0 aliphatic heterocycles. The van der Waals surface area contributed by atoms with Crippen LogP contribution in [-0.2, 0) is 6.61 Å². The molecule has 0 aromatic heterocycles. The van der Waals surface area contributed by atoms with E-state index >= 15 is 0 Å². The second kappa shape index (κ2) is 5.63. The van der Waals surface area contributed by atoms with E-state index in [1.54, 1.807) is 31.4 Å². The number of rotatable bonds is 4. The fourth-order valence-electron chi connectivity index (χ4n) is 1.80. The van der Waals surface area contributed by atoms with Gasteiger partial charge in [0.25, 0.3) is 0 Å². The van der Waals surface area contributed by atoms with Gasteiger partial charge in [0.2, 0.25) is 0 Å². The minimum Gasteiger partial charge on any atom is -0.493 e. The monoisotopic (exact) mass is 259 g/mol. The highest BCUT2D eigenvalue weighted by molar-refractivity contribution is 5.51. The molecule has 0 amide bonds. The van der Waals surface area contributed by atoms with Crippen LogP contribution in [0.4, 0.5) is 5.69 Å². The molecule has 100 valence electrons. The molecular formula is C15H17NO3. The van der Waals surface area contributed by atoms with E-state index in [4.69, 9.17) is 20.3 Å². The van der Waals surface area contributed by atoms with Gasteiger partial charge in [-0.1, -0.05) is 6.07 Å². The Hall–Kier alpha value is -2.20. The lowest BCUT2D eigenvalue weighted by molar-refractivity contribution is 0.280. The Bertz CT molecular complexity index is 582. The number of aryl methyl sites for hydroxylation is 1. The van der Waals surface area contributed by atoms with E-state index in [9.17, 15) is 0 Å². The number of aliphatic hydroxyl groups excluding tert-OH is 1. The molecule has 0 spiro atoms. The van der Waals surface area contributed by atoms with Gasteiger partial charge in [-0.25, -0.2) is 0 Å². The summed E-state index contributed by atoms with van der Waals surface area (Å²) in [6, 6.07) is 10.8. The van der Waals surface area contributed by atoms with Gasteiger partial charge in [-0.05, 0) is 48.4 Å². The van der Waals surface area contributed by atoms with Crippen molar-refractivity contribution in [1.82, 2.24) is 0 Å². The third-order valence-corrected chi connectivity index (χ3v) is 2.83. The number of benzene rings is 2. The number of methoxy groups -OCH3 is 1. The van der Waals surface area contributed by atoms with Gasteiger partial charge >= 0.3 is 0 Å². The highest BCUT2D eigenvalue weighted by Crippen LogP contribution is 2.34. The van der Waals surface area contributed by atoms with Gasteiger partial charge in [0.15, 0.2) is 11.5 Å². The van der Waals surface area contributed by atoms with Crippen LogP contribution in [0.5, 0.6) is 17.2 Å². The second-order valence-corrected chi connectivity index (χ2v) is 4.27. The molecule has 0 aliphatic carbocycles. The van der Waals surface area contributed by atoms with Crippen LogP contribution in [0.15, 0.2) is 36.4 Å². The molecule has 0 fully saturated rings. The molecule has 2 rings (SSSR count). The van der Waals surface area contributed by atoms with Gasteiger partial charge < -0.3 is 20.3 Å². The summed E-state index contributed by atoms with van der Waals surface area (Å²) in [5, 5.41) is 9.10. The van der Waals surface area contributed by atoms with Crippen LogP contribution in [0.2, 0.25) is 0 Å². The highest BCUT2D eigenvalue weighted by Gasteiger charge is 2.08. The average Bonchev–Trinajstić information content (AvgIpc) is 2.42. The number of aliphatic hydroxyl groups is 1. The highest BCUT2D eigenvalue weighted by atomic mass is 16.5. The molecule has 0 heterocycles. The largest absolute Gasteiger partial charge is 0.493 e. The van der Waals surface area contributed by atoms with Crippen molar-refractivity contribution in [3.63, 3.8) is 0 Å². The zero-order valence-electron chi connectivity index (χ0n) is 11.0. The number of anilines is 1. The van der Waals surface area contributed by atoms with Crippen LogP contribution in [-0.4, -0.2) is 12.2 Å². The van der Waals surface area contributed by atoms with Crippen molar-refractivity contribution >= 4 is 5.69 Å². The predicted octanol–water partition coefficient (Wildman–Crippen LogP) is 2.87. The summed E-state index contributed by atoms with van der Waals surface area (Å²) in [4.78, 5) is 0. The Labute approximate surface area is 112 Å². The molecule has 2 aromatic carbocycles. The predicted molar refractivity (Wildman–Crippen MR) is 74.6 cm³/mol. The van der Waals surface area contributed by atoms with E-state index in [0.717, 1.165) is 16.9 Å². The van der Waals surface area contributed by atoms with Crippen molar-refractivity contribution in [2.75, 3.05) is 12.8 Å². The van der Waals surface area contributed by atoms with Crippen molar-refractivity contribution in [2.45, 2.75) is 13.5 Å². The normalized spacial score (nSPS) is 10.3. The van der Waals surface area contributed by atoms with Crippen LogP contribution < -0.4 is 15.2 Å². The number of nitrogen functional groups attached to an aromatic ring is 1. The van der Waals surface area contributed by atoms with Crippen LogP contribution in [0.3, 0.4) is 0 Å². The third-order valence-electron chi connectivity index (χ3n) is 2.83. The first-order valence-corrected chi connectivity index (χ1v) is 5.96. The molecular weight excluding hydrogens is 242 g/mol. The van der Waals surface area contributed by atoms with Gasteiger partial charge in [-0.15, -0.1) is 0 Å². The smallest absolute Gasteiger partial charge is 0.169 e. The van der Waals surface area contributed by atoms with Gasteiger partial charge in [0, 0.05) is 5.69 Å². The summed E-state index contributed by atoms with van der Waals surface area (Å²) in [6.45, 7) is 1.90. The summed E-state index contributed by atoms with van der Waals surface area (Å²) >= 11 is 0. The van der Waals surface area contributed by atoms with Gasteiger partial charge in [-0.3, -0.25) is 0 Å². The molecule has 4 nitrogen and oxygen atoms in total. The van der Waals surface area contributed by atoms with E-state index in [-0.39, 0.29) is 6.61 Å². The molecule has 0 saturated heterocycles. The van der Waals surface area contributed by atoms with E-state index in [1.807, 2.05) is 19.1 Å². The molecule has 3 N–H and O–H groups in total. The van der Waals surface area contributed by atoms with Crippen molar-refractivity contribution in [1.29, 1.82) is 0 Å². The molecule has 0 bridgehead atoms.